The predicted octanol–water partition coefficient (Wildman–Crippen LogP) is 1.42. The van der Waals surface area contributed by atoms with Crippen molar-refractivity contribution in [1.82, 2.24) is 19.4 Å². The molecule has 1 fully saturated rings. The van der Waals surface area contributed by atoms with Gasteiger partial charge in [-0.3, -0.25) is 9.58 Å². The summed E-state index contributed by atoms with van der Waals surface area (Å²) in [5.74, 6) is 0. The normalized spacial score (nSPS) is 20.5. The van der Waals surface area contributed by atoms with Crippen molar-refractivity contribution in [3.63, 3.8) is 0 Å². The monoisotopic (exact) mass is 328 g/mol. The third-order valence-corrected chi connectivity index (χ3v) is 5.00. The number of likely N-dealkylation sites (tertiary alicyclic amines) is 1. The SMILES string of the molecule is CCCn1nc(C)c(CN2CCC[C@@H](NS(C)(=O)=O)C2)c1C. The van der Waals surface area contributed by atoms with Gasteiger partial charge in [0.25, 0.3) is 0 Å². The van der Waals surface area contributed by atoms with Crippen LogP contribution in [0, 0.1) is 13.8 Å². The molecule has 2 rings (SSSR count). The Morgan fingerprint density at radius 3 is 2.73 bits per heavy atom. The molecule has 0 radical (unpaired) electrons. The molecule has 1 atom stereocenters. The first-order valence-electron chi connectivity index (χ1n) is 8.02. The van der Waals surface area contributed by atoms with Gasteiger partial charge in [-0.05, 0) is 39.7 Å². The van der Waals surface area contributed by atoms with Crippen molar-refractivity contribution >= 4 is 10.0 Å². The van der Waals surface area contributed by atoms with E-state index in [1.54, 1.807) is 0 Å². The van der Waals surface area contributed by atoms with Gasteiger partial charge in [0.1, 0.15) is 0 Å². The van der Waals surface area contributed by atoms with Crippen molar-refractivity contribution < 1.29 is 8.42 Å². The van der Waals surface area contributed by atoms with Crippen LogP contribution in [0.1, 0.15) is 43.1 Å². The Labute approximate surface area is 133 Å². The first-order chi connectivity index (χ1) is 10.3. The van der Waals surface area contributed by atoms with Gasteiger partial charge >= 0.3 is 0 Å². The van der Waals surface area contributed by atoms with Gasteiger partial charge in [0, 0.05) is 36.9 Å². The van der Waals surface area contributed by atoms with Crippen LogP contribution in [0.15, 0.2) is 0 Å². The lowest BCUT2D eigenvalue weighted by Gasteiger charge is -2.32. The molecular formula is C15H28N4O2S. The third kappa shape index (κ3) is 4.54. The number of hydrogen-bond acceptors (Lipinski definition) is 4. The predicted molar refractivity (Wildman–Crippen MR) is 88.3 cm³/mol. The highest BCUT2D eigenvalue weighted by Crippen LogP contribution is 2.19. The molecule has 1 aromatic rings. The Morgan fingerprint density at radius 2 is 2.09 bits per heavy atom. The summed E-state index contributed by atoms with van der Waals surface area (Å²) < 4.78 is 27.6. The zero-order chi connectivity index (χ0) is 16.3. The number of sulfonamides is 1. The minimum Gasteiger partial charge on any atom is -0.297 e. The molecule has 0 amide bonds. The molecule has 0 aromatic carbocycles. The molecule has 0 unspecified atom stereocenters. The van der Waals surface area contributed by atoms with E-state index in [1.165, 1.54) is 17.5 Å². The molecule has 1 aromatic heterocycles. The van der Waals surface area contributed by atoms with Crippen molar-refractivity contribution in [2.45, 2.75) is 59.2 Å². The van der Waals surface area contributed by atoms with Crippen molar-refractivity contribution in [1.29, 1.82) is 0 Å². The van der Waals surface area contributed by atoms with Crippen molar-refractivity contribution in [2.24, 2.45) is 0 Å². The van der Waals surface area contributed by atoms with Gasteiger partial charge in [0.2, 0.25) is 10.0 Å². The molecule has 2 heterocycles. The number of hydrogen-bond donors (Lipinski definition) is 1. The molecule has 1 saturated heterocycles. The van der Waals surface area contributed by atoms with E-state index in [9.17, 15) is 8.42 Å². The number of nitrogens with one attached hydrogen (secondary N) is 1. The fraction of sp³-hybridized carbons (Fsp3) is 0.800. The largest absolute Gasteiger partial charge is 0.297 e. The molecule has 0 bridgehead atoms. The van der Waals surface area contributed by atoms with E-state index in [2.05, 4.69) is 40.2 Å². The van der Waals surface area contributed by atoms with Gasteiger partial charge < -0.3 is 0 Å². The lowest BCUT2D eigenvalue weighted by atomic mass is 10.1. The smallest absolute Gasteiger partial charge is 0.208 e. The van der Waals surface area contributed by atoms with Crippen LogP contribution in [-0.4, -0.2) is 48.5 Å². The maximum Gasteiger partial charge on any atom is 0.208 e. The first kappa shape index (κ1) is 17.4. The highest BCUT2D eigenvalue weighted by molar-refractivity contribution is 7.88. The van der Waals surface area contributed by atoms with Crippen LogP contribution >= 0.6 is 0 Å². The van der Waals surface area contributed by atoms with E-state index < -0.39 is 10.0 Å². The second kappa shape index (κ2) is 7.10. The Bertz CT molecular complexity index is 609. The number of aryl methyl sites for hydroxylation is 2. The molecule has 22 heavy (non-hydrogen) atoms. The summed E-state index contributed by atoms with van der Waals surface area (Å²) in [6.07, 6.45) is 4.24. The summed E-state index contributed by atoms with van der Waals surface area (Å²) in [7, 11) is -3.13. The average Bonchev–Trinajstić information content (AvgIpc) is 2.66. The standard InChI is InChI=1S/C15H28N4O2S/c1-5-8-19-13(3)15(12(2)16-19)11-18-9-6-7-14(10-18)17-22(4,20)21/h14,17H,5-11H2,1-4H3/t14-/m1/s1. The van der Waals surface area contributed by atoms with Crippen molar-refractivity contribution in [3.05, 3.63) is 17.0 Å². The highest BCUT2D eigenvalue weighted by Gasteiger charge is 2.24. The minimum atomic E-state index is -3.13. The van der Waals surface area contributed by atoms with Gasteiger partial charge in [0.15, 0.2) is 0 Å². The van der Waals surface area contributed by atoms with Crippen molar-refractivity contribution in [3.8, 4) is 0 Å². The molecule has 126 valence electrons. The molecule has 7 heteroatoms. The van der Waals surface area contributed by atoms with E-state index in [-0.39, 0.29) is 6.04 Å². The van der Waals surface area contributed by atoms with Gasteiger partial charge in [-0.25, -0.2) is 13.1 Å². The zero-order valence-electron chi connectivity index (χ0n) is 14.1. The van der Waals surface area contributed by atoms with Gasteiger partial charge in [0.05, 0.1) is 11.9 Å². The Kier molecular flexibility index (Phi) is 5.63. The van der Waals surface area contributed by atoms with E-state index in [1.807, 2.05) is 0 Å². The summed E-state index contributed by atoms with van der Waals surface area (Å²) in [6, 6.07) is 0.0232. The number of nitrogens with zero attached hydrogens (tertiary/aromatic N) is 3. The maximum absolute atomic E-state index is 11.4. The maximum atomic E-state index is 11.4. The molecule has 0 aliphatic carbocycles. The topological polar surface area (TPSA) is 67.2 Å². The Balaban J connectivity index is 2.04. The molecule has 1 aliphatic heterocycles. The molecule has 0 spiro atoms. The van der Waals surface area contributed by atoms with E-state index in [4.69, 9.17) is 0 Å². The fourth-order valence-electron chi connectivity index (χ4n) is 3.21. The molecule has 0 saturated carbocycles. The molecular weight excluding hydrogens is 300 g/mol. The molecule has 6 nitrogen and oxygen atoms in total. The lowest BCUT2D eigenvalue weighted by molar-refractivity contribution is 0.194. The second-order valence-corrected chi connectivity index (χ2v) is 8.12. The van der Waals surface area contributed by atoms with Crippen LogP contribution in [0.5, 0.6) is 0 Å². The Hall–Kier alpha value is -0.920. The number of rotatable bonds is 6. The zero-order valence-corrected chi connectivity index (χ0v) is 14.9. The summed E-state index contributed by atoms with van der Waals surface area (Å²) in [4.78, 5) is 2.33. The fourth-order valence-corrected chi connectivity index (χ4v) is 4.01. The second-order valence-electron chi connectivity index (χ2n) is 6.34. The van der Waals surface area contributed by atoms with Crippen LogP contribution < -0.4 is 4.72 Å². The van der Waals surface area contributed by atoms with Crippen LogP contribution in [0.2, 0.25) is 0 Å². The molecule has 1 aliphatic rings. The van der Waals surface area contributed by atoms with Gasteiger partial charge in [-0.1, -0.05) is 6.92 Å². The average molecular weight is 328 g/mol. The van der Waals surface area contributed by atoms with Crippen molar-refractivity contribution in [2.75, 3.05) is 19.3 Å². The number of piperidine rings is 1. The van der Waals surface area contributed by atoms with Gasteiger partial charge in [-0.15, -0.1) is 0 Å². The summed E-state index contributed by atoms with van der Waals surface area (Å²) in [5, 5.41) is 4.62. The highest BCUT2D eigenvalue weighted by atomic mass is 32.2. The van der Waals surface area contributed by atoms with Gasteiger partial charge in [-0.2, -0.15) is 5.10 Å². The van der Waals surface area contributed by atoms with Crippen LogP contribution in [0.3, 0.4) is 0 Å². The number of aromatic nitrogens is 2. The summed E-state index contributed by atoms with van der Waals surface area (Å²) >= 11 is 0. The quantitative estimate of drug-likeness (QED) is 0.858. The van der Waals surface area contributed by atoms with E-state index in [0.717, 1.165) is 51.1 Å². The summed E-state index contributed by atoms with van der Waals surface area (Å²) in [5.41, 5.74) is 3.61. The summed E-state index contributed by atoms with van der Waals surface area (Å²) in [6.45, 7) is 9.92. The Morgan fingerprint density at radius 1 is 1.36 bits per heavy atom. The molecule has 1 N–H and O–H groups in total. The third-order valence-electron chi connectivity index (χ3n) is 4.23. The van der Waals surface area contributed by atoms with Crippen LogP contribution in [0.4, 0.5) is 0 Å². The van der Waals surface area contributed by atoms with E-state index >= 15 is 0 Å². The van der Waals surface area contributed by atoms with Crippen LogP contribution in [-0.2, 0) is 23.1 Å². The first-order valence-corrected chi connectivity index (χ1v) is 9.92. The lowest BCUT2D eigenvalue weighted by Crippen LogP contribution is -2.47. The van der Waals surface area contributed by atoms with E-state index in [0.29, 0.717) is 0 Å². The van der Waals surface area contributed by atoms with Crippen LogP contribution in [0.25, 0.3) is 0 Å². The minimum absolute atomic E-state index is 0.0232.